The van der Waals surface area contributed by atoms with Crippen LogP contribution in [0.25, 0.3) is 0 Å². The summed E-state index contributed by atoms with van der Waals surface area (Å²) in [6.45, 7) is 0. The smallest absolute Gasteiger partial charge is 0.165 e. The third kappa shape index (κ3) is 1.55. The van der Waals surface area contributed by atoms with Crippen LogP contribution in [0.1, 0.15) is 0 Å². The first-order chi connectivity index (χ1) is 3.83. The number of hydrogen-bond donors (Lipinski definition) is 2. The van der Waals surface area contributed by atoms with Crippen molar-refractivity contribution < 1.29 is 9.84 Å². The molecule has 0 bridgehead atoms. The Labute approximate surface area is 58.0 Å². The summed E-state index contributed by atoms with van der Waals surface area (Å²) < 4.78 is 4.95. The van der Waals surface area contributed by atoms with E-state index in [1.807, 2.05) is 0 Å². The molecule has 0 aromatic heterocycles. The number of aliphatic hydroxyl groups excluding tert-OH is 1. The molecule has 0 saturated carbocycles. The number of rotatable bonds is 1. The molecular formula is C4H8O2S2. The van der Waals surface area contributed by atoms with Crippen molar-refractivity contribution in [1.29, 1.82) is 0 Å². The molecule has 0 aliphatic carbocycles. The summed E-state index contributed by atoms with van der Waals surface area (Å²) in [5, 5.41) is 8.75. The number of thiol groups is 1. The Kier molecular flexibility index (Phi) is 2.49. The van der Waals surface area contributed by atoms with Gasteiger partial charge in [-0.2, -0.15) is 12.6 Å². The largest absolute Gasteiger partial charge is 0.367 e. The van der Waals surface area contributed by atoms with Gasteiger partial charge in [0.2, 0.25) is 0 Å². The maximum atomic E-state index is 8.75. The van der Waals surface area contributed by atoms with Gasteiger partial charge in [-0.1, -0.05) is 0 Å². The van der Waals surface area contributed by atoms with Crippen LogP contribution in [0.5, 0.6) is 0 Å². The van der Waals surface area contributed by atoms with Gasteiger partial charge < -0.3 is 9.84 Å². The Balaban J connectivity index is 2.22. The molecule has 1 fully saturated rings. The zero-order chi connectivity index (χ0) is 5.98. The Bertz CT molecular complexity index is 78.4. The molecule has 0 amide bonds. The first kappa shape index (κ1) is 6.74. The van der Waals surface area contributed by atoms with Gasteiger partial charge in [0.05, 0.1) is 0 Å². The second-order valence-corrected chi connectivity index (χ2v) is 3.09. The summed E-state index contributed by atoms with van der Waals surface area (Å²) in [6.07, 6.45) is -0.558. The maximum absolute atomic E-state index is 8.75. The Morgan fingerprint density at radius 3 is 2.88 bits per heavy atom. The highest BCUT2D eigenvalue weighted by atomic mass is 32.2. The van der Waals surface area contributed by atoms with Crippen LogP contribution in [0.4, 0.5) is 0 Å². The fourth-order valence-electron chi connectivity index (χ4n) is 0.539. The fourth-order valence-corrected chi connectivity index (χ4v) is 1.71. The van der Waals surface area contributed by atoms with E-state index in [4.69, 9.17) is 9.84 Å². The second kappa shape index (κ2) is 2.96. The summed E-state index contributed by atoms with van der Waals surface area (Å²) in [6, 6.07) is 0. The number of thioether (sulfide) groups is 1. The molecule has 2 nitrogen and oxygen atoms in total. The second-order valence-electron chi connectivity index (χ2n) is 1.54. The Morgan fingerprint density at radius 1 is 1.88 bits per heavy atom. The molecule has 1 N–H and O–H groups in total. The highest BCUT2D eigenvalue weighted by Gasteiger charge is 2.21. The number of aliphatic hydroxyl groups is 1. The van der Waals surface area contributed by atoms with Crippen molar-refractivity contribution in [3.63, 3.8) is 0 Å². The first-order valence-electron chi connectivity index (χ1n) is 2.39. The van der Waals surface area contributed by atoms with E-state index in [2.05, 4.69) is 12.6 Å². The van der Waals surface area contributed by atoms with E-state index >= 15 is 0 Å². The molecule has 8 heavy (non-hydrogen) atoms. The van der Waals surface area contributed by atoms with Crippen molar-refractivity contribution in [2.45, 2.75) is 11.7 Å². The summed E-state index contributed by atoms with van der Waals surface area (Å²) in [5.41, 5.74) is 0.105. The van der Waals surface area contributed by atoms with Gasteiger partial charge in [0, 0.05) is 11.5 Å². The fraction of sp³-hybridized carbons (Fsp3) is 1.00. The van der Waals surface area contributed by atoms with Gasteiger partial charge in [-0.25, -0.2) is 0 Å². The lowest BCUT2D eigenvalue weighted by Gasteiger charge is -2.02. The SMILES string of the molecule is OC1CSC(CS)O1. The molecule has 0 aromatic rings. The average Bonchev–Trinajstić information content (AvgIpc) is 2.14. The highest BCUT2D eigenvalue weighted by molar-refractivity contribution is 8.00. The van der Waals surface area contributed by atoms with Crippen molar-refractivity contribution in [2.75, 3.05) is 11.5 Å². The van der Waals surface area contributed by atoms with Crippen molar-refractivity contribution in [2.24, 2.45) is 0 Å². The van der Waals surface area contributed by atoms with E-state index in [1.165, 1.54) is 0 Å². The van der Waals surface area contributed by atoms with Crippen LogP contribution >= 0.6 is 24.4 Å². The minimum Gasteiger partial charge on any atom is -0.367 e. The molecule has 0 aromatic carbocycles. The summed E-state index contributed by atoms with van der Waals surface area (Å²) >= 11 is 5.60. The minimum atomic E-state index is -0.558. The lowest BCUT2D eigenvalue weighted by Crippen LogP contribution is -2.10. The summed E-state index contributed by atoms with van der Waals surface area (Å²) in [7, 11) is 0. The van der Waals surface area contributed by atoms with E-state index in [0.717, 1.165) is 0 Å². The van der Waals surface area contributed by atoms with Gasteiger partial charge in [-0.15, -0.1) is 11.8 Å². The molecule has 2 unspecified atom stereocenters. The molecule has 1 saturated heterocycles. The highest BCUT2D eigenvalue weighted by Crippen LogP contribution is 2.23. The lowest BCUT2D eigenvalue weighted by atomic mass is 10.7. The van der Waals surface area contributed by atoms with E-state index in [0.29, 0.717) is 11.5 Å². The van der Waals surface area contributed by atoms with Crippen molar-refractivity contribution in [3.8, 4) is 0 Å². The average molecular weight is 152 g/mol. The quantitative estimate of drug-likeness (QED) is 0.530. The molecule has 1 rings (SSSR count). The van der Waals surface area contributed by atoms with Crippen LogP contribution in [0.3, 0.4) is 0 Å². The van der Waals surface area contributed by atoms with Gasteiger partial charge in [0.1, 0.15) is 5.44 Å². The maximum Gasteiger partial charge on any atom is 0.165 e. The molecule has 1 aliphatic rings. The Morgan fingerprint density at radius 2 is 2.62 bits per heavy atom. The molecule has 1 aliphatic heterocycles. The molecule has 0 spiro atoms. The molecule has 4 heteroatoms. The van der Waals surface area contributed by atoms with Crippen LogP contribution in [0.15, 0.2) is 0 Å². The predicted molar refractivity (Wildman–Crippen MR) is 37.2 cm³/mol. The monoisotopic (exact) mass is 152 g/mol. The molecular weight excluding hydrogens is 144 g/mol. The van der Waals surface area contributed by atoms with Gasteiger partial charge in [0.25, 0.3) is 0 Å². The Hall–Kier alpha value is 0.620. The normalized spacial score (nSPS) is 38.2. The molecule has 48 valence electrons. The van der Waals surface area contributed by atoms with Gasteiger partial charge in [-0.3, -0.25) is 0 Å². The van der Waals surface area contributed by atoms with Gasteiger partial charge >= 0.3 is 0 Å². The van der Waals surface area contributed by atoms with Crippen LogP contribution in [-0.4, -0.2) is 28.3 Å². The predicted octanol–water partition coefficient (Wildman–Crippen LogP) is 0.324. The third-order valence-electron chi connectivity index (χ3n) is 0.883. The topological polar surface area (TPSA) is 29.5 Å². The van der Waals surface area contributed by atoms with E-state index in [-0.39, 0.29) is 5.44 Å². The molecule has 1 heterocycles. The van der Waals surface area contributed by atoms with Crippen molar-refractivity contribution in [3.05, 3.63) is 0 Å². The van der Waals surface area contributed by atoms with E-state index in [1.54, 1.807) is 11.8 Å². The lowest BCUT2D eigenvalue weighted by molar-refractivity contribution is -0.0740. The van der Waals surface area contributed by atoms with E-state index in [9.17, 15) is 0 Å². The zero-order valence-electron chi connectivity index (χ0n) is 4.28. The standard InChI is InChI=1S/C4H8O2S2/c5-3-2-8-4(1-7)6-3/h3-5,7H,1-2H2. The van der Waals surface area contributed by atoms with Crippen LogP contribution in [0, 0.1) is 0 Å². The number of hydrogen-bond acceptors (Lipinski definition) is 4. The first-order valence-corrected chi connectivity index (χ1v) is 4.07. The van der Waals surface area contributed by atoms with Crippen LogP contribution in [-0.2, 0) is 4.74 Å². The van der Waals surface area contributed by atoms with Crippen molar-refractivity contribution in [1.82, 2.24) is 0 Å². The summed E-state index contributed by atoms with van der Waals surface area (Å²) in [4.78, 5) is 0. The van der Waals surface area contributed by atoms with E-state index < -0.39 is 6.29 Å². The minimum absolute atomic E-state index is 0.105. The molecule has 0 radical (unpaired) electrons. The van der Waals surface area contributed by atoms with Crippen molar-refractivity contribution >= 4 is 24.4 Å². The van der Waals surface area contributed by atoms with Gasteiger partial charge in [0.15, 0.2) is 6.29 Å². The summed E-state index contributed by atoms with van der Waals surface area (Å²) in [5.74, 6) is 1.37. The zero-order valence-corrected chi connectivity index (χ0v) is 5.99. The third-order valence-corrected chi connectivity index (χ3v) is 2.59. The van der Waals surface area contributed by atoms with Crippen LogP contribution in [0.2, 0.25) is 0 Å². The molecule has 2 atom stereocenters. The van der Waals surface area contributed by atoms with Gasteiger partial charge in [-0.05, 0) is 0 Å². The van der Waals surface area contributed by atoms with Crippen LogP contribution < -0.4 is 0 Å². The number of ether oxygens (including phenoxy) is 1.